The van der Waals surface area contributed by atoms with Gasteiger partial charge in [0.1, 0.15) is 5.69 Å². The van der Waals surface area contributed by atoms with E-state index in [4.69, 9.17) is 17.3 Å². The first-order valence-electron chi connectivity index (χ1n) is 4.57. The molecule has 2 rings (SSSR count). The van der Waals surface area contributed by atoms with E-state index in [1.54, 1.807) is 25.1 Å². The Hall–Kier alpha value is -1.88. The first kappa shape index (κ1) is 10.6. The Morgan fingerprint density at radius 2 is 2.12 bits per heavy atom. The van der Waals surface area contributed by atoms with Gasteiger partial charge in [0, 0.05) is 16.3 Å². The minimum absolute atomic E-state index is 0.288. The summed E-state index contributed by atoms with van der Waals surface area (Å²) in [4.78, 5) is 14.0. The van der Waals surface area contributed by atoms with Crippen molar-refractivity contribution in [2.45, 2.75) is 6.92 Å². The number of aromatic nitrogens is 3. The average molecular weight is 237 g/mol. The molecule has 0 fully saturated rings. The molecule has 2 aromatic rings. The lowest BCUT2D eigenvalue weighted by Crippen LogP contribution is -2.14. The molecule has 0 spiro atoms. The second-order valence-electron chi connectivity index (χ2n) is 3.32. The molecule has 0 saturated heterocycles. The van der Waals surface area contributed by atoms with E-state index in [2.05, 4.69) is 15.2 Å². The van der Waals surface area contributed by atoms with Crippen molar-refractivity contribution in [3.05, 3.63) is 39.3 Å². The molecule has 0 amide bonds. The molecular weight excluding hydrogens is 228 g/mol. The number of nitrogens with zero attached hydrogens (tertiary/aromatic N) is 2. The van der Waals surface area contributed by atoms with E-state index < -0.39 is 0 Å². The van der Waals surface area contributed by atoms with E-state index in [0.717, 1.165) is 0 Å². The molecular formula is C10H9ClN4O. The zero-order chi connectivity index (χ0) is 11.7. The standard InChI is InChI=1S/C10H9ClN4O/c1-5-10(16)13-9(15-14-5)7-4-6(11)2-3-8(7)12/h2-4H,12H2,1H3,(H,13,15,16). The van der Waals surface area contributed by atoms with Crippen LogP contribution in [0.15, 0.2) is 23.0 Å². The summed E-state index contributed by atoms with van der Waals surface area (Å²) in [5.74, 6) is 0.315. The Labute approximate surface area is 96.3 Å². The molecule has 0 bridgehead atoms. The first-order valence-corrected chi connectivity index (χ1v) is 4.94. The largest absolute Gasteiger partial charge is 0.398 e. The first-order chi connectivity index (χ1) is 7.58. The van der Waals surface area contributed by atoms with Gasteiger partial charge in [-0.1, -0.05) is 11.6 Å². The van der Waals surface area contributed by atoms with Crippen LogP contribution >= 0.6 is 11.6 Å². The second-order valence-corrected chi connectivity index (χ2v) is 3.76. The third kappa shape index (κ3) is 1.90. The quantitative estimate of drug-likeness (QED) is 0.733. The fourth-order valence-corrected chi connectivity index (χ4v) is 1.42. The summed E-state index contributed by atoms with van der Waals surface area (Å²) in [6, 6.07) is 4.95. The van der Waals surface area contributed by atoms with Crippen LogP contribution in [-0.4, -0.2) is 15.2 Å². The highest BCUT2D eigenvalue weighted by Gasteiger charge is 2.07. The number of halogens is 1. The molecule has 1 aromatic carbocycles. The van der Waals surface area contributed by atoms with Crippen molar-refractivity contribution in [2.75, 3.05) is 5.73 Å². The lowest BCUT2D eigenvalue weighted by atomic mass is 10.2. The molecule has 16 heavy (non-hydrogen) atoms. The van der Waals surface area contributed by atoms with Gasteiger partial charge >= 0.3 is 0 Å². The summed E-state index contributed by atoms with van der Waals surface area (Å²) >= 11 is 5.84. The Bertz CT molecular complexity index is 594. The van der Waals surface area contributed by atoms with E-state index in [9.17, 15) is 4.79 Å². The minimum atomic E-state index is -0.288. The normalized spacial score (nSPS) is 10.4. The van der Waals surface area contributed by atoms with Crippen molar-refractivity contribution in [3.8, 4) is 11.4 Å². The van der Waals surface area contributed by atoms with Crippen LogP contribution in [-0.2, 0) is 0 Å². The fraction of sp³-hybridized carbons (Fsp3) is 0.100. The van der Waals surface area contributed by atoms with Crippen molar-refractivity contribution >= 4 is 17.3 Å². The van der Waals surface area contributed by atoms with Gasteiger partial charge in [0.05, 0.1) is 0 Å². The molecule has 1 aromatic heterocycles. The van der Waals surface area contributed by atoms with Gasteiger partial charge in [0.2, 0.25) is 0 Å². The molecule has 5 nitrogen and oxygen atoms in total. The molecule has 0 radical (unpaired) electrons. The van der Waals surface area contributed by atoms with Gasteiger partial charge < -0.3 is 10.7 Å². The molecule has 1 heterocycles. The van der Waals surface area contributed by atoms with Crippen LogP contribution in [0.2, 0.25) is 5.02 Å². The number of H-pyrrole nitrogens is 1. The fourth-order valence-electron chi connectivity index (χ4n) is 1.25. The van der Waals surface area contributed by atoms with Gasteiger partial charge in [0.25, 0.3) is 5.56 Å². The number of aryl methyl sites for hydroxylation is 1. The maximum Gasteiger partial charge on any atom is 0.272 e. The van der Waals surface area contributed by atoms with Crippen LogP contribution in [0.3, 0.4) is 0 Å². The van der Waals surface area contributed by atoms with Crippen molar-refractivity contribution in [1.29, 1.82) is 0 Å². The third-order valence-electron chi connectivity index (χ3n) is 2.13. The maximum atomic E-state index is 11.4. The van der Waals surface area contributed by atoms with E-state index in [1.807, 2.05) is 0 Å². The van der Waals surface area contributed by atoms with Crippen LogP contribution < -0.4 is 11.3 Å². The average Bonchev–Trinajstić information content (AvgIpc) is 2.26. The van der Waals surface area contributed by atoms with Crippen molar-refractivity contribution in [2.24, 2.45) is 0 Å². The zero-order valence-electron chi connectivity index (χ0n) is 8.49. The van der Waals surface area contributed by atoms with Gasteiger partial charge in [-0.05, 0) is 25.1 Å². The Balaban J connectivity index is 2.63. The Morgan fingerprint density at radius 1 is 1.38 bits per heavy atom. The van der Waals surface area contributed by atoms with Crippen LogP contribution in [0, 0.1) is 6.92 Å². The minimum Gasteiger partial charge on any atom is -0.398 e. The van der Waals surface area contributed by atoms with E-state index in [1.165, 1.54) is 0 Å². The van der Waals surface area contributed by atoms with Gasteiger partial charge in [-0.25, -0.2) is 0 Å². The molecule has 6 heteroatoms. The van der Waals surface area contributed by atoms with Gasteiger partial charge in [-0.15, -0.1) is 10.2 Å². The SMILES string of the molecule is Cc1nnc(-c2cc(Cl)ccc2N)[nH]c1=O. The van der Waals surface area contributed by atoms with Crippen molar-refractivity contribution in [1.82, 2.24) is 15.2 Å². The number of nitrogen functional groups attached to an aromatic ring is 1. The van der Waals surface area contributed by atoms with Crippen molar-refractivity contribution < 1.29 is 0 Å². The molecule has 82 valence electrons. The number of rotatable bonds is 1. The monoisotopic (exact) mass is 236 g/mol. The Kier molecular flexibility index (Phi) is 2.62. The zero-order valence-corrected chi connectivity index (χ0v) is 9.25. The highest BCUT2D eigenvalue weighted by atomic mass is 35.5. The van der Waals surface area contributed by atoms with Crippen molar-refractivity contribution in [3.63, 3.8) is 0 Å². The smallest absolute Gasteiger partial charge is 0.272 e. The van der Waals surface area contributed by atoms with Crippen LogP contribution in [0.5, 0.6) is 0 Å². The second kappa shape index (κ2) is 3.94. The molecule has 3 N–H and O–H groups in total. The number of anilines is 1. The molecule has 0 aliphatic carbocycles. The molecule has 0 atom stereocenters. The number of aromatic amines is 1. The predicted molar refractivity (Wildman–Crippen MR) is 62.2 cm³/mol. The number of hydrogen-bond donors (Lipinski definition) is 2. The molecule has 0 saturated carbocycles. The topological polar surface area (TPSA) is 84.7 Å². The van der Waals surface area contributed by atoms with E-state index >= 15 is 0 Å². The Morgan fingerprint density at radius 3 is 2.81 bits per heavy atom. The van der Waals surface area contributed by atoms with Gasteiger partial charge in [-0.2, -0.15) is 0 Å². The van der Waals surface area contributed by atoms with E-state index in [0.29, 0.717) is 27.8 Å². The van der Waals surface area contributed by atoms with Crippen LogP contribution in [0.4, 0.5) is 5.69 Å². The van der Waals surface area contributed by atoms with Gasteiger partial charge in [0.15, 0.2) is 5.82 Å². The molecule has 0 unspecified atom stereocenters. The summed E-state index contributed by atoms with van der Waals surface area (Å²) in [5.41, 5.74) is 6.83. The summed E-state index contributed by atoms with van der Waals surface area (Å²) < 4.78 is 0. The number of benzene rings is 1. The predicted octanol–water partition coefficient (Wildman–Crippen LogP) is 1.38. The van der Waals surface area contributed by atoms with Crippen LogP contribution in [0.25, 0.3) is 11.4 Å². The number of hydrogen-bond acceptors (Lipinski definition) is 4. The van der Waals surface area contributed by atoms with Crippen LogP contribution in [0.1, 0.15) is 5.69 Å². The molecule has 0 aliphatic heterocycles. The summed E-state index contributed by atoms with van der Waals surface area (Å²) in [7, 11) is 0. The summed E-state index contributed by atoms with van der Waals surface area (Å²) in [6.45, 7) is 1.58. The number of nitrogens with two attached hydrogens (primary N) is 1. The third-order valence-corrected chi connectivity index (χ3v) is 2.37. The summed E-state index contributed by atoms with van der Waals surface area (Å²) in [6.07, 6.45) is 0. The number of nitrogens with one attached hydrogen (secondary N) is 1. The summed E-state index contributed by atoms with van der Waals surface area (Å²) in [5, 5.41) is 8.12. The lowest BCUT2D eigenvalue weighted by Gasteiger charge is -2.04. The lowest BCUT2D eigenvalue weighted by molar-refractivity contribution is 0.908. The molecule has 0 aliphatic rings. The van der Waals surface area contributed by atoms with E-state index in [-0.39, 0.29) is 5.56 Å². The highest BCUT2D eigenvalue weighted by molar-refractivity contribution is 6.31. The maximum absolute atomic E-state index is 11.4. The van der Waals surface area contributed by atoms with Gasteiger partial charge in [-0.3, -0.25) is 4.79 Å². The highest BCUT2D eigenvalue weighted by Crippen LogP contribution is 2.24.